The van der Waals surface area contributed by atoms with Gasteiger partial charge in [0.25, 0.3) is 0 Å². The van der Waals surface area contributed by atoms with Crippen LogP contribution in [0, 0.1) is 6.92 Å². The highest BCUT2D eigenvalue weighted by Gasteiger charge is 2.15. The summed E-state index contributed by atoms with van der Waals surface area (Å²) in [6.07, 6.45) is 0. The summed E-state index contributed by atoms with van der Waals surface area (Å²) < 4.78 is 0. The molecule has 2 N–H and O–H groups in total. The zero-order chi connectivity index (χ0) is 14.2. The van der Waals surface area contributed by atoms with Gasteiger partial charge in [0.15, 0.2) is 0 Å². The van der Waals surface area contributed by atoms with E-state index in [1.54, 1.807) is 11.3 Å². The first-order valence-electron chi connectivity index (χ1n) is 6.63. The van der Waals surface area contributed by atoms with Crippen LogP contribution in [0.15, 0.2) is 24.3 Å². The number of hydrogen-bond acceptors (Lipinski definition) is 3. The second-order valence-corrected chi connectivity index (χ2v) is 7.12. The largest absolute Gasteiger partial charge is 0.323 e. The minimum absolute atomic E-state index is 0.0556. The van der Waals surface area contributed by atoms with Gasteiger partial charge in [-0.2, -0.15) is 0 Å². The summed E-state index contributed by atoms with van der Waals surface area (Å²) in [6, 6.07) is 8.75. The van der Waals surface area contributed by atoms with Gasteiger partial charge < -0.3 is 5.73 Å². The maximum absolute atomic E-state index is 5.96. The fraction of sp³-hybridized carbons (Fsp3) is 0.438. The van der Waals surface area contributed by atoms with Crippen molar-refractivity contribution in [1.29, 1.82) is 0 Å². The lowest BCUT2D eigenvalue weighted by molar-refractivity contribution is 0.590. The van der Waals surface area contributed by atoms with Crippen LogP contribution in [0.25, 0.3) is 10.6 Å². The number of aryl methyl sites for hydroxylation is 1. The van der Waals surface area contributed by atoms with Crippen LogP contribution in [0.5, 0.6) is 0 Å². The molecule has 1 aromatic carbocycles. The standard InChI is InChI=1S/C16H22N2S/c1-10(17)14-11(2)18-15(19-14)12-6-8-13(9-7-12)16(3,4)5/h6-10H,17H2,1-5H3. The fourth-order valence-corrected chi connectivity index (χ4v) is 3.09. The van der Waals surface area contributed by atoms with E-state index in [4.69, 9.17) is 5.73 Å². The Morgan fingerprint density at radius 1 is 1.16 bits per heavy atom. The lowest BCUT2D eigenvalue weighted by Gasteiger charge is -2.18. The van der Waals surface area contributed by atoms with Crippen molar-refractivity contribution in [2.24, 2.45) is 5.73 Å². The van der Waals surface area contributed by atoms with Crippen LogP contribution < -0.4 is 5.73 Å². The van der Waals surface area contributed by atoms with Gasteiger partial charge in [-0.1, -0.05) is 45.0 Å². The fourth-order valence-electron chi connectivity index (χ4n) is 2.07. The SMILES string of the molecule is Cc1nc(-c2ccc(C(C)(C)C)cc2)sc1C(C)N. The van der Waals surface area contributed by atoms with Crippen molar-refractivity contribution in [3.05, 3.63) is 40.4 Å². The Labute approximate surface area is 119 Å². The highest BCUT2D eigenvalue weighted by molar-refractivity contribution is 7.15. The van der Waals surface area contributed by atoms with Crippen LogP contribution >= 0.6 is 11.3 Å². The Kier molecular flexibility index (Phi) is 3.79. The predicted octanol–water partition coefficient (Wildman–Crippen LogP) is 4.44. The highest BCUT2D eigenvalue weighted by Crippen LogP contribution is 2.32. The van der Waals surface area contributed by atoms with Crippen molar-refractivity contribution in [2.75, 3.05) is 0 Å². The van der Waals surface area contributed by atoms with E-state index in [9.17, 15) is 0 Å². The quantitative estimate of drug-likeness (QED) is 0.879. The molecule has 0 amide bonds. The molecule has 0 bridgehead atoms. The molecule has 102 valence electrons. The summed E-state index contributed by atoms with van der Waals surface area (Å²) >= 11 is 1.70. The Hall–Kier alpha value is -1.19. The van der Waals surface area contributed by atoms with Gasteiger partial charge >= 0.3 is 0 Å². The van der Waals surface area contributed by atoms with Gasteiger partial charge in [-0.3, -0.25) is 0 Å². The molecule has 1 unspecified atom stereocenters. The third-order valence-electron chi connectivity index (χ3n) is 3.24. The van der Waals surface area contributed by atoms with Gasteiger partial charge in [-0.05, 0) is 24.8 Å². The van der Waals surface area contributed by atoms with Crippen LogP contribution in [-0.4, -0.2) is 4.98 Å². The average Bonchev–Trinajstić information content (AvgIpc) is 2.70. The molecule has 2 aromatic rings. The third kappa shape index (κ3) is 3.04. The lowest BCUT2D eigenvalue weighted by atomic mass is 9.87. The van der Waals surface area contributed by atoms with Crippen molar-refractivity contribution >= 4 is 11.3 Å². The smallest absolute Gasteiger partial charge is 0.123 e. The van der Waals surface area contributed by atoms with Crippen molar-refractivity contribution in [2.45, 2.75) is 46.1 Å². The normalized spacial score (nSPS) is 13.6. The monoisotopic (exact) mass is 274 g/mol. The molecule has 2 nitrogen and oxygen atoms in total. The highest BCUT2D eigenvalue weighted by atomic mass is 32.1. The van der Waals surface area contributed by atoms with Gasteiger partial charge in [0, 0.05) is 16.5 Å². The van der Waals surface area contributed by atoms with E-state index in [1.807, 2.05) is 13.8 Å². The number of benzene rings is 1. The maximum atomic E-state index is 5.96. The van der Waals surface area contributed by atoms with Gasteiger partial charge in [-0.25, -0.2) is 4.98 Å². The molecule has 3 heteroatoms. The number of hydrogen-bond donors (Lipinski definition) is 1. The molecular formula is C16H22N2S. The molecule has 1 heterocycles. The molecule has 0 saturated heterocycles. The first-order chi connectivity index (χ1) is 8.79. The van der Waals surface area contributed by atoms with E-state index in [2.05, 4.69) is 50.0 Å². The summed E-state index contributed by atoms with van der Waals surface area (Å²) in [5, 5.41) is 1.06. The molecule has 19 heavy (non-hydrogen) atoms. The van der Waals surface area contributed by atoms with Crippen LogP contribution in [0.3, 0.4) is 0 Å². The van der Waals surface area contributed by atoms with Crippen molar-refractivity contribution < 1.29 is 0 Å². The molecule has 0 fully saturated rings. The third-order valence-corrected chi connectivity index (χ3v) is 4.65. The molecule has 1 atom stereocenters. The lowest BCUT2D eigenvalue weighted by Crippen LogP contribution is -2.10. The van der Waals surface area contributed by atoms with E-state index in [1.165, 1.54) is 16.0 Å². The van der Waals surface area contributed by atoms with E-state index in [-0.39, 0.29) is 11.5 Å². The number of nitrogens with two attached hydrogens (primary N) is 1. The Bertz CT molecular complexity index is 559. The number of thiazole rings is 1. The summed E-state index contributed by atoms with van der Waals surface area (Å²) in [6.45, 7) is 10.7. The molecule has 1 aromatic heterocycles. The van der Waals surface area contributed by atoms with Crippen molar-refractivity contribution in [1.82, 2.24) is 4.98 Å². The van der Waals surface area contributed by atoms with Gasteiger partial charge in [0.2, 0.25) is 0 Å². The maximum Gasteiger partial charge on any atom is 0.123 e. The zero-order valence-corrected chi connectivity index (χ0v) is 13.1. The molecule has 0 aliphatic carbocycles. The number of aromatic nitrogens is 1. The Morgan fingerprint density at radius 2 is 1.74 bits per heavy atom. The van der Waals surface area contributed by atoms with Crippen LogP contribution in [0.4, 0.5) is 0 Å². The van der Waals surface area contributed by atoms with Crippen molar-refractivity contribution in [3.8, 4) is 10.6 Å². The molecular weight excluding hydrogens is 252 g/mol. The number of rotatable bonds is 2. The van der Waals surface area contributed by atoms with E-state index in [0.717, 1.165) is 10.7 Å². The number of nitrogens with zero attached hydrogens (tertiary/aromatic N) is 1. The van der Waals surface area contributed by atoms with Crippen LogP contribution in [0.2, 0.25) is 0 Å². The van der Waals surface area contributed by atoms with Crippen LogP contribution in [-0.2, 0) is 5.41 Å². The van der Waals surface area contributed by atoms with E-state index in [0.29, 0.717) is 0 Å². The summed E-state index contributed by atoms with van der Waals surface area (Å²) in [4.78, 5) is 5.81. The van der Waals surface area contributed by atoms with E-state index >= 15 is 0 Å². The first-order valence-corrected chi connectivity index (χ1v) is 7.44. The zero-order valence-electron chi connectivity index (χ0n) is 12.3. The first kappa shape index (κ1) is 14.2. The second-order valence-electron chi connectivity index (χ2n) is 6.08. The molecule has 0 spiro atoms. The Morgan fingerprint density at radius 3 is 2.16 bits per heavy atom. The van der Waals surface area contributed by atoms with Gasteiger partial charge in [-0.15, -0.1) is 11.3 Å². The van der Waals surface area contributed by atoms with E-state index < -0.39 is 0 Å². The van der Waals surface area contributed by atoms with Gasteiger partial charge in [0.05, 0.1) is 5.69 Å². The minimum atomic E-state index is 0.0556. The summed E-state index contributed by atoms with van der Waals surface area (Å²) in [5.74, 6) is 0. The molecule has 0 aliphatic heterocycles. The van der Waals surface area contributed by atoms with Gasteiger partial charge in [0.1, 0.15) is 5.01 Å². The topological polar surface area (TPSA) is 38.9 Å². The van der Waals surface area contributed by atoms with Crippen molar-refractivity contribution in [3.63, 3.8) is 0 Å². The predicted molar refractivity (Wildman–Crippen MR) is 83.6 cm³/mol. The molecule has 0 aliphatic rings. The minimum Gasteiger partial charge on any atom is -0.323 e. The summed E-state index contributed by atoms with van der Waals surface area (Å²) in [5.41, 5.74) is 9.72. The molecule has 0 saturated carbocycles. The summed E-state index contributed by atoms with van der Waals surface area (Å²) in [7, 11) is 0. The second kappa shape index (κ2) is 5.06. The average molecular weight is 274 g/mol. The molecule has 0 radical (unpaired) electrons. The van der Waals surface area contributed by atoms with Crippen LogP contribution in [0.1, 0.15) is 49.9 Å². The molecule has 2 rings (SSSR count). The Balaban J connectivity index is 2.35.